The summed E-state index contributed by atoms with van der Waals surface area (Å²) >= 11 is 12.2. The number of rotatable bonds is 3. The molecular weight excluding hydrogens is 285 g/mol. The van der Waals surface area contributed by atoms with Crippen molar-refractivity contribution in [2.24, 2.45) is 0 Å². The molecule has 1 heterocycles. The number of halogens is 2. The van der Waals surface area contributed by atoms with Crippen LogP contribution in [0.2, 0.25) is 5.02 Å². The minimum absolute atomic E-state index is 0.0226. The van der Waals surface area contributed by atoms with Gasteiger partial charge in [0.2, 0.25) is 5.91 Å². The van der Waals surface area contributed by atoms with Crippen LogP contribution in [0.1, 0.15) is 18.8 Å². The molecule has 0 saturated heterocycles. The average molecular weight is 300 g/mol. The van der Waals surface area contributed by atoms with Crippen molar-refractivity contribution < 1.29 is 4.79 Å². The smallest absolute Gasteiger partial charge is 0.244 e. The highest BCUT2D eigenvalue weighted by atomic mass is 35.5. The number of likely N-dealkylation sites (N-methyl/N-ethyl adjacent to an activating group) is 1. The first-order valence-electron chi connectivity index (χ1n) is 5.89. The van der Waals surface area contributed by atoms with E-state index in [0.717, 1.165) is 11.0 Å². The molecule has 1 aromatic carbocycles. The zero-order valence-electron chi connectivity index (χ0n) is 11.0. The molecule has 2 rings (SSSR count). The topological polar surface area (TPSA) is 38.1 Å². The van der Waals surface area contributed by atoms with Gasteiger partial charge in [-0.15, -0.1) is 11.6 Å². The maximum absolute atomic E-state index is 12.2. The molecule has 6 heteroatoms. The standard InChI is InChI=1S/C13H15Cl2N3O/c1-8(13(19)17(2)3)18-11(7-14)16-10-6-4-5-9(15)12(10)18/h4-6,8H,7H2,1-3H3. The molecule has 0 spiro atoms. The number of benzene rings is 1. The Balaban J connectivity index is 2.67. The molecule has 0 aliphatic rings. The van der Waals surface area contributed by atoms with E-state index in [2.05, 4.69) is 4.98 Å². The van der Waals surface area contributed by atoms with Gasteiger partial charge in [0.05, 0.1) is 21.9 Å². The molecule has 0 aliphatic carbocycles. The van der Waals surface area contributed by atoms with Crippen LogP contribution < -0.4 is 0 Å². The Labute approximate surface area is 121 Å². The van der Waals surface area contributed by atoms with Crippen molar-refractivity contribution in [3.8, 4) is 0 Å². The highest BCUT2D eigenvalue weighted by molar-refractivity contribution is 6.35. The van der Waals surface area contributed by atoms with Gasteiger partial charge in [0.15, 0.2) is 0 Å². The summed E-state index contributed by atoms with van der Waals surface area (Å²) in [5.74, 6) is 0.855. The van der Waals surface area contributed by atoms with Crippen LogP contribution in [0.5, 0.6) is 0 Å². The van der Waals surface area contributed by atoms with Crippen molar-refractivity contribution in [3.05, 3.63) is 29.0 Å². The molecule has 0 N–H and O–H groups in total. The number of para-hydroxylation sites is 1. The molecule has 0 radical (unpaired) electrons. The fraction of sp³-hybridized carbons (Fsp3) is 0.385. The maximum atomic E-state index is 12.2. The predicted octanol–water partition coefficient (Wildman–Crippen LogP) is 3.08. The monoisotopic (exact) mass is 299 g/mol. The van der Waals surface area contributed by atoms with Crippen LogP contribution in [0.3, 0.4) is 0 Å². The highest BCUT2D eigenvalue weighted by Gasteiger charge is 2.23. The van der Waals surface area contributed by atoms with Gasteiger partial charge in [0.1, 0.15) is 11.9 Å². The molecule has 2 aromatic rings. The van der Waals surface area contributed by atoms with E-state index in [1.807, 2.05) is 23.6 Å². The zero-order chi connectivity index (χ0) is 14.2. The number of amides is 1. The Bertz CT molecular complexity index is 622. The molecular formula is C13H15Cl2N3O. The van der Waals surface area contributed by atoms with E-state index >= 15 is 0 Å². The first kappa shape index (κ1) is 14.2. The lowest BCUT2D eigenvalue weighted by atomic mass is 10.2. The minimum Gasteiger partial charge on any atom is -0.347 e. The van der Waals surface area contributed by atoms with Gasteiger partial charge in [-0.05, 0) is 19.1 Å². The number of fused-ring (bicyclic) bond motifs is 1. The number of nitrogens with zero attached hydrogens (tertiary/aromatic N) is 3. The van der Waals surface area contributed by atoms with E-state index in [1.165, 1.54) is 0 Å². The molecule has 1 unspecified atom stereocenters. The fourth-order valence-electron chi connectivity index (χ4n) is 2.15. The molecule has 4 nitrogen and oxygen atoms in total. The van der Waals surface area contributed by atoms with Gasteiger partial charge in [-0.25, -0.2) is 4.98 Å². The summed E-state index contributed by atoms with van der Waals surface area (Å²) in [4.78, 5) is 18.1. The second kappa shape index (κ2) is 5.39. The van der Waals surface area contributed by atoms with Crippen LogP contribution in [0.15, 0.2) is 18.2 Å². The third-order valence-electron chi connectivity index (χ3n) is 3.04. The lowest BCUT2D eigenvalue weighted by molar-refractivity contribution is -0.131. The van der Waals surface area contributed by atoms with Gasteiger partial charge in [-0.3, -0.25) is 4.79 Å². The predicted molar refractivity (Wildman–Crippen MR) is 77.7 cm³/mol. The van der Waals surface area contributed by atoms with Crippen molar-refractivity contribution in [1.82, 2.24) is 14.5 Å². The third kappa shape index (κ3) is 2.42. The zero-order valence-corrected chi connectivity index (χ0v) is 12.5. The molecule has 0 bridgehead atoms. The quantitative estimate of drug-likeness (QED) is 0.817. The van der Waals surface area contributed by atoms with Crippen molar-refractivity contribution >= 4 is 40.1 Å². The molecule has 1 amide bonds. The summed E-state index contributed by atoms with van der Waals surface area (Å²) in [6.07, 6.45) is 0. The number of carbonyl (C=O) groups excluding carboxylic acids is 1. The first-order chi connectivity index (χ1) is 8.97. The Hall–Kier alpha value is -1.26. The molecule has 0 fully saturated rings. The average Bonchev–Trinajstić information content (AvgIpc) is 2.76. The van der Waals surface area contributed by atoms with Crippen LogP contribution in [0.25, 0.3) is 11.0 Å². The van der Waals surface area contributed by atoms with Crippen LogP contribution >= 0.6 is 23.2 Å². The fourth-order valence-corrected chi connectivity index (χ4v) is 2.60. The van der Waals surface area contributed by atoms with Crippen molar-refractivity contribution in [2.45, 2.75) is 18.8 Å². The normalized spacial score (nSPS) is 12.7. The Morgan fingerprint density at radius 1 is 1.47 bits per heavy atom. The van der Waals surface area contributed by atoms with Gasteiger partial charge in [0.25, 0.3) is 0 Å². The number of alkyl halides is 1. The summed E-state index contributed by atoms with van der Waals surface area (Å²) in [7, 11) is 3.44. The van der Waals surface area contributed by atoms with E-state index in [0.29, 0.717) is 10.8 Å². The number of hydrogen-bond donors (Lipinski definition) is 0. The van der Waals surface area contributed by atoms with E-state index < -0.39 is 6.04 Å². The SMILES string of the molecule is CC(C(=O)N(C)C)n1c(CCl)nc2cccc(Cl)c21. The summed E-state index contributed by atoms with van der Waals surface area (Å²) in [5.41, 5.74) is 1.50. The molecule has 1 atom stereocenters. The molecule has 0 saturated carbocycles. The number of hydrogen-bond acceptors (Lipinski definition) is 2. The summed E-state index contributed by atoms with van der Waals surface area (Å²) in [5, 5.41) is 0.569. The second-order valence-corrected chi connectivity index (χ2v) is 5.22. The van der Waals surface area contributed by atoms with Crippen LogP contribution in [-0.2, 0) is 10.7 Å². The molecule has 19 heavy (non-hydrogen) atoms. The maximum Gasteiger partial charge on any atom is 0.244 e. The van der Waals surface area contributed by atoms with Crippen molar-refractivity contribution in [3.63, 3.8) is 0 Å². The lowest BCUT2D eigenvalue weighted by Gasteiger charge is -2.20. The van der Waals surface area contributed by atoms with Gasteiger partial charge < -0.3 is 9.47 Å². The summed E-state index contributed by atoms with van der Waals surface area (Å²) in [6.45, 7) is 1.82. The largest absolute Gasteiger partial charge is 0.347 e. The minimum atomic E-state index is -0.395. The van der Waals surface area contributed by atoms with Crippen molar-refractivity contribution in [1.29, 1.82) is 0 Å². The molecule has 0 aliphatic heterocycles. The van der Waals surface area contributed by atoms with Crippen LogP contribution in [0.4, 0.5) is 0 Å². The summed E-state index contributed by atoms with van der Waals surface area (Å²) in [6, 6.07) is 5.08. The number of carbonyl (C=O) groups is 1. The van der Waals surface area contributed by atoms with E-state index in [1.54, 1.807) is 25.1 Å². The van der Waals surface area contributed by atoms with E-state index in [-0.39, 0.29) is 11.8 Å². The van der Waals surface area contributed by atoms with Gasteiger partial charge >= 0.3 is 0 Å². The Morgan fingerprint density at radius 2 is 2.16 bits per heavy atom. The van der Waals surface area contributed by atoms with E-state index in [9.17, 15) is 4.79 Å². The first-order valence-corrected chi connectivity index (χ1v) is 6.81. The Morgan fingerprint density at radius 3 is 2.74 bits per heavy atom. The van der Waals surface area contributed by atoms with Gasteiger partial charge in [0, 0.05) is 14.1 Å². The second-order valence-electron chi connectivity index (χ2n) is 4.55. The lowest BCUT2D eigenvalue weighted by Crippen LogP contribution is -2.30. The Kier molecular flexibility index (Phi) is 4.02. The number of imidazole rings is 1. The van der Waals surface area contributed by atoms with Crippen LogP contribution in [0, 0.1) is 0 Å². The summed E-state index contributed by atoms with van der Waals surface area (Å²) < 4.78 is 1.81. The van der Waals surface area contributed by atoms with E-state index in [4.69, 9.17) is 23.2 Å². The van der Waals surface area contributed by atoms with Gasteiger partial charge in [-0.2, -0.15) is 0 Å². The third-order valence-corrected chi connectivity index (χ3v) is 3.58. The number of aromatic nitrogens is 2. The molecule has 102 valence electrons. The van der Waals surface area contributed by atoms with Gasteiger partial charge in [-0.1, -0.05) is 17.7 Å². The van der Waals surface area contributed by atoms with Crippen LogP contribution in [-0.4, -0.2) is 34.5 Å². The highest BCUT2D eigenvalue weighted by Crippen LogP contribution is 2.28. The molecule has 1 aromatic heterocycles. The van der Waals surface area contributed by atoms with Crippen molar-refractivity contribution in [2.75, 3.05) is 14.1 Å².